The van der Waals surface area contributed by atoms with E-state index in [0.29, 0.717) is 5.56 Å². The molecular formula is C19H12N4O. The number of rotatable bonds is 1. The highest BCUT2D eigenvalue weighted by Crippen LogP contribution is 2.35. The molecule has 1 N–H and O–H groups in total. The van der Waals surface area contributed by atoms with Crippen LogP contribution in [0.5, 0.6) is 0 Å². The molecule has 2 aromatic heterocycles. The lowest BCUT2D eigenvalue weighted by molar-refractivity contribution is 0.102. The molecule has 5 rings (SSSR count). The van der Waals surface area contributed by atoms with Gasteiger partial charge in [0.15, 0.2) is 0 Å². The highest BCUT2D eigenvalue weighted by molar-refractivity contribution is 6.14. The first-order chi connectivity index (χ1) is 11.8. The molecule has 0 radical (unpaired) electrons. The third-order valence-electron chi connectivity index (χ3n) is 4.25. The van der Waals surface area contributed by atoms with E-state index >= 15 is 0 Å². The summed E-state index contributed by atoms with van der Waals surface area (Å²) in [5.74, 6) is 0.678. The first kappa shape index (κ1) is 13.0. The largest absolute Gasteiger partial charge is 0.320 e. The molecule has 114 valence electrons. The number of benzene rings is 2. The molecule has 0 atom stereocenters. The van der Waals surface area contributed by atoms with Crippen molar-refractivity contribution in [2.75, 3.05) is 5.32 Å². The molecule has 0 bridgehead atoms. The number of fused-ring (bicyclic) bond motifs is 2. The number of nitrogens with one attached hydrogen (secondary N) is 1. The molecule has 0 spiro atoms. The molecule has 0 saturated heterocycles. The van der Waals surface area contributed by atoms with Crippen LogP contribution in [0.25, 0.3) is 28.1 Å². The van der Waals surface area contributed by atoms with Gasteiger partial charge in [0.25, 0.3) is 5.91 Å². The highest BCUT2D eigenvalue weighted by Gasteiger charge is 2.25. The van der Waals surface area contributed by atoms with E-state index in [-0.39, 0.29) is 5.91 Å². The fourth-order valence-corrected chi connectivity index (χ4v) is 3.20. The van der Waals surface area contributed by atoms with Gasteiger partial charge < -0.3 is 5.32 Å². The smallest absolute Gasteiger partial charge is 0.257 e. The normalized spacial score (nSPS) is 12.6. The van der Waals surface area contributed by atoms with Gasteiger partial charge in [-0.3, -0.25) is 14.3 Å². The summed E-state index contributed by atoms with van der Waals surface area (Å²) in [6.07, 6.45) is 3.49. The predicted octanol–water partition coefficient (Wildman–Crippen LogP) is 3.65. The van der Waals surface area contributed by atoms with E-state index in [2.05, 4.69) is 10.3 Å². The molecular weight excluding hydrogens is 300 g/mol. The summed E-state index contributed by atoms with van der Waals surface area (Å²) >= 11 is 0. The topological polar surface area (TPSA) is 59.8 Å². The van der Waals surface area contributed by atoms with Crippen LogP contribution in [0.15, 0.2) is 67.0 Å². The van der Waals surface area contributed by atoms with E-state index in [9.17, 15) is 4.79 Å². The van der Waals surface area contributed by atoms with Crippen LogP contribution in [0.3, 0.4) is 0 Å². The number of carbonyl (C=O) groups excluding carboxylic acids is 1. The Balaban J connectivity index is 1.98. The monoisotopic (exact) mass is 312 g/mol. The molecule has 4 aromatic rings. The van der Waals surface area contributed by atoms with Crippen molar-refractivity contribution >= 4 is 22.6 Å². The summed E-state index contributed by atoms with van der Waals surface area (Å²) in [6, 6.07) is 17.2. The molecule has 3 heterocycles. The molecule has 5 nitrogen and oxygen atoms in total. The second-order valence-corrected chi connectivity index (χ2v) is 5.65. The first-order valence-electron chi connectivity index (χ1n) is 7.65. The maximum atomic E-state index is 12.6. The van der Waals surface area contributed by atoms with E-state index in [0.717, 1.165) is 33.8 Å². The Morgan fingerprint density at radius 3 is 2.62 bits per heavy atom. The van der Waals surface area contributed by atoms with Crippen molar-refractivity contribution in [3.63, 3.8) is 0 Å². The van der Waals surface area contributed by atoms with Crippen LogP contribution in [-0.4, -0.2) is 20.4 Å². The van der Waals surface area contributed by atoms with Gasteiger partial charge in [-0.15, -0.1) is 0 Å². The minimum absolute atomic E-state index is 0.118. The average molecular weight is 312 g/mol. The molecule has 1 amide bonds. The zero-order valence-electron chi connectivity index (χ0n) is 12.6. The van der Waals surface area contributed by atoms with Gasteiger partial charge in [-0.1, -0.05) is 18.2 Å². The molecule has 0 saturated carbocycles. The molecule has 0 unspecified atom stereocenters. The van der Waals surface area contributed by atoms with Crippen LogP contribution in [0.4, 0.5) is 5.69 Å². The first-order valence-corrected chi connectivity index (χ1v) is 7.65. The summed E-state index contributed by atoms with van der Waals surface area (Å²) in [4.78, 5) is 21.5. The maximum absolute atomic E-state index is 12.6. The number of hydrogen-bond acceptors (Lipinski definition) is 3. The predicted molar refractivity (Wildman–Crippen MR) is 92.3 cm³/mol. The van der Waals surface area contributed by atoms with Crippen LogP contribution in [0.2, 0.25) is 0 Å². The van der Waals surface area contributed by atoms with Crippen molar-refractivity contribution in [3.05, 3.63) is 72.6 Å². The third kappa shape index (κ3) is 1.72. The number of aromatic nitrogens is 3. The minimum atomic E-state index is -0.118. The fourth-order valence-electron chi connectivity index (χ4n) is 3.20. The molecule has 1 aliphatic heterocycles. The van der Waals surface area contributed by atoms with Gasteiger partial charge in [-0.2, -0.15) is 0 Å². The number of hydrogen-bond donors (Lipinski definition) is 1. The van der Waals surface area contributed by atoms with E-state index < -0.39 is 0 Å². The lowest BCUT2D eigenvalue weighted by Gasteiger charge is -2.11. The molecule has 0 fully saturated rings. The number of pyridine rings is 1. The molecule has 24 heavy (non-hydrogen) atoms. The standard InChI is InChI=1S/C19H12N4O/c24-19-13-4-3-6-15-17(13)23(16-7-2-1-5-14(16)22-19)18(21-15)12-8-10-20-11-9-12/h1-11H,(H,22,24). The van der Waals surface area contributed by atoms with Gasteiger partial charge in [0.2, 0.25) is 0 Å². The Bertz CT molecular complexity index is 1100. The summed E-state index contributed by atoms with van der Waals surface area (Å²) in [6.45, 7) is 0. The summed E-state index contributed by atoms with van der Waals surface area (Å²) < 4.78 is 2.05. The Hall–Kier alpha value is -3.47. The van der Waals surface area contributed by atoms with Crippen LogP contribution in [0.1, 0.15) is 10.4 Å². The minimum Gasteiger partial charge on any atom is -0.320 e. The van der Waals surface area contributed by atoms with Crippen LogP contribution >= 0.6 is 0 Å². The van der Waals surface area contributed by atoms with Gasteiger partial charge in [0.05, 0.1) is 28.0 Å². The van der Waals surface area contributed by atoms with Gasteiger partial charge in [0.1, 0.15) is 5.82 Å². The van der Waals surface area contributed by atoms with Gasteiger partial charge in [-0.05, 0) is 36.4 Å². The quantitative estimate of drug-likeness (QED) is 0.583. The average Bonchev–Trinajstić information content (AvgIpc) is 2.96. The van der Waals surface area contributed by atoms with E-state index in [1.807, 2.05) is 59.2 Å². The number of nitrogens with zero attached hydrogens (tertiary/aromatic N) is 3. The number of amides is 1. The zero-order chi connectivity index (χ0) is 16.1. The SMILES string of the molecule is O=C1Nc2ccccc2-n2c(-c3ccncc3)nc3cccc1c32. The third-order valence-corrected chi connectivity index (χ3v) is 4.25. The summed E-state index contributed by atoms with van der Waals surface area (Å²) in [5, 5.41) is 2.99. The number of carbonyl (C=O) groups is 1. The maximum Gasteiger partial charge on any atom is 0.257 e. The van der Waals surface area contributed by atoms with E-state index in [1.54, 1.807) is 12.4 Å². The van der Waals surface area contributed by atoms with Crippen LogP contribution in [-0.2, 0) is 0 Å². The van der Waals surface area contributed by atoms with Crippen molar-refractivity contribution in [1.29, 1.82) is 0 Å². The van der Waals surface area contributed by atoms with Crippen LogP contribution < -0.4 is 5.32 Å². The number of anilines is 1. The van der Waals surface area contributed by atoms with Crippen molar-refractivity contribution in [1.82, 2.24) is 14.5 Å². The van der Waals surface area contributed by atoms with Gasteiger partial charge in [-0.25, -0.2) is 4.98 Å². The Kier molecular flexibility index (Phi) is 2.58. The highest BCUT2D eigenvalue weighted by atomic mass is 16.1. The Morgan fingerprint density at radius 2 is 1.75 bits per heavy atom. The number of para-hydroxylation sites is 3. The zero-order valence-corrected chi connectivity index (χ0v) is 12.6. The molecule has 5 heteroatoms. The van der Waals surface area contributed by atoms with E-state index in [1.165, 1.54) is 0 Å². The van der Waals surface area contributed by atoms with Gasteiger partial charge in [0, 0.05) is 18.0 Å². The van der Waals surface area contributed by atoms with Crippen molar-refractivity contribution in [2.45, 2.75) is 0 Å². The summed E-state index contributed by atoms with van der Waals surface area (Å²) in [5.41, 5.74) is 4.88. The molecule has 1 aliphatic rings. The second-order valence-electron chi connectivity index (χ2n) is 5.65. The Morgan fingerprint density at radius 1 is 0.917 bits per heavy atom. The van der Waals surface area contributed by atoms with Crippen molar-refractivity contribution in [3.8, 4) is 17.1 Å². The number of imidazole rings is 1. The second kappa shape index (κ2) is 4.76. The lowest BCUT2D eigenvalue weighted by Crippen LogP contribution is -2.10. The summed E-state index contributed by atoms with van der Waals surface area (Å²) in [7, 11) is 0. The molecule has 0 aliphatic carbocycles. The Labute approximate surface area is 137 Å². The van der Waals surface area contributed by atoms with Crippen molar-refractivity contribution in [2.24, 2.45) is 0 Å². The van der Waals surface area contributed by atoms with Crippen LogP contribution in [0, 0.1) is 0 Å². The van der Waals surface area contributed by atoms with E-state index in [4.69, 9.17) is 4.98 Å². The molecule has 2 aromatic carbocycles. The van der Waals surface area contributed by atoms with Crippen molar-refractivity contribution < 1.29 is 4.79 Å². The fraction of sp³-hybridized carbons (Fsp3) is 0. The van der Waals surface area contributed by atoms with Gasteiger partial charge >= 0.3 is 0 Å². The lowest BCUT2D eigenvalue weighted by atomic mass is 10.1.